The summed E-state index contributed by atoms with van der Waals surface area (Å²) in [5, 5.41) is 10.2. The zero-order valence-corrected chi connectivity index (χ0v) is 14.6. The predicted molar refractivity (Wildman–Crippen MR) is 98.3 cm³/mol. The number of benzene rings is 1. The molecule has 0 spiro atoms. The fourth-order valence-electron chi connectivity index (χ4n) is 2.04. The van der Waals surface area contributed by atoms with Crippen LogP contribution in [0, 0.1) is 0 Å². The molecule has 0 bridgehead atoms. The summed E-state index contributed by atoms with van der Waals surface area (Å²) in [6, 6.07) is 6.83. The number of rotatable bonds is 8. The van der Waals surface area contributed by atoms with E-state index in [9.17, 15) is 14.7 Å². The van der Waals surface area contributed by atoms with Crippen LogP contribution in [0.4, 0.5) is 0 Å². The second-order valence-electron chi connectivity index (χ2n) is 5.08. The van der Waals surface area contributed by atoms with Gasteiger partial charge < -0.3 is 10.1 Å². The lowest BCUT2D eigenvalue weighted by Gasteiger charge is -2.10. The zero-order valence-electron chi connectivity index (χ0n) is 13.7. The first-order chi connectivity index (χ1) is 11.9. The van der Waals surface area contributed by atoms with Gasteiger partial charge >= 0.3 is 5.69 Å². The third-order valence-corrected chi connectivity index (χ3v) is 4.07. The lowest BCUT2D eigenvalue weighted by atomic mass is 10.1. The van der Waals surface area contributed by atoms with Gasteiger partial charge in [-0.15, -0.1) is 6.58 Å². The number of carbonyl (C=O) groups is 1. The summed E-state index contributed by atoms with van der Waals surface area (Å²) in [6.07, 6.45) is 1.60. The van der Waals surface area contributed by atoms with E-state index in [1.807, 2.05) is 0 Å². The van der Waals surface area contributed by atoms with Crippen molar-refractivity contribution in [2.75, 3.05) is 6.61 Å². The molecule has 7 nitrogen and oxygen atoms in total. The molecule has 0 unspecified atom stereocenters. The topological polar surface area (TPSA) is 96.3 Å². The monoisotopic (exact) mass is 361 g/mol. The van der Waals surface area contributed by atoms with Crippen molar-refractivity contribution in [3.8, 4) is 11.6 Å². The number of nitrogens with zero attached hydrogens (tertiary/aromatic N) is 1. The smallest absolute Gasteiger partial charge is 0.333 e. The summed E-state index contributed by atoms with van der Waals surface area (Å²) in [4.78, 5) is 30.8. The van der Waals surface area contributed by atoms with Gasteiger partial charge in [0.15, 0.2) is 5.12 Å². The standard InChI is InChI=1S/C17H19N3O4S/c1-4-9-24-19-11(2)13-5-7-14(8-6-13)20-16(22)15(18-17(20)23)10-25-12(3)21/h4-8,19,22H,1-2,9-10H2,3H3,(H,18,23). The fraction of sp³-hybridized carbons (Fsp3) is 0.176. The molecular formula is C17H19N3O4S. The molecule has 25 heavy (non-hydrogen) atoms. The largest absolute Gasteiger partial charge is 0.493 e. The molecule has 2 rings (SSSR count). The Balaban J connectivity index is 2.19. The first-order valence-electron chi connectivity index (χ1n) is 7.38. The van der Waals surface area contributed by atoms with Gasteiger partial charge in [0.05, 0.1) is 23.7 Å². The number of hydrogen-bond acceptors (Lipinski definition) is 6. The number of thioether (sulfide) groups is 1. The summed E-state index contributed by atoms with van der Waals surface area (Å²) < 4.78 is 1.14. The van der Waals surface area contributed by atoms with E-state index >= 15 is 0 Å². The van der Waals surface area contributed by atoms with E-state index in [1.54, 1.807) is 30.3 Å². The molecule has 0 radical (unpaired) electrons. The zero-order chi connectivity index (χ0) is 18.4. The maximum Gasteiger partial charge on any atom is 0.333 e. The van der Waals surface area contributed by atoms with Crippen LogP contribution in [0.15, 0.2) is 48.3 Å². The van der Waals surface area contributed by atoms with Gasteiger partial charge in [0, 0.05) is 12.7 Å². The molecule has 0 amide bonds. The van der Waals surface area contributed by atoms with Crippen LogP contribution in [0.5, 0.6) is 5.88 Å². The third kappa shape index (κ3) is 4.65. The number of aromatic amines is 1. The van der Waals surface area contributed by atoms with Crippen LogP contribution < -0.4 is 11.2 Å². The van der Waals surface area contributed by atoms with E-state index in [0.29, 0.717) is 23.7 Å². The average molecular weight is 361 g/mol. The van der Waals surface area contributed by atoms with Crippen molar-refractivity contribution < 1.29 is 14.7 Å². The van der Waals surface area contributed by atoms with Crippen LogP contribution >= 0.6 is 11.8 Å². The minimum atomic E-state index is -0.476. The third-order valence-electron chi connectivity index (χ3n) is 3.23. The van der Waals surface area contributed by atoms with Gasteiger partial charge in [0.25, 0.3) is 0 Å². The van der Waals surface area contributed by atoms with Crippen molar-refractivity contribution in [2.24, 2.45) is 0 Å². The van der Waals surface area contributed by atoms with E-state index in [2.05, 4.69) is 23.6 Å². The van der Waals surface area contributed by atoms with Crippen LogP contribution in [0.3, 0.4) is 0 Å². The van der Waals surface area contributed by atoms with Gasteiger partial charge in [-0.2, -0.15) is 0 Å². The first kappa shape index (κ1) is 18.6. The predicted octanol–water partition coefficient (Wildman–Crippen LogP) is 2.33. The molecule has 8 heteroatoms. The summed E-state index contributed by atoms with van der Waals surface area (Å²) >= 11 is 1.01. The van der Waals surface area contributed by atoms with Crippen molar-refractivity contribution in [1.29, 1.82) is 0 Å². The highest BCUT2D eigenvalue weighted by Crippen LogP contribution is 2.23. The first-order valence-corrected chi connectivity index (χ1v) is 8.37. The molecule has 0 atom stereocenters. The lowest BCUT2D eigenvalue weighted by Crippen LogP contribution is -2.15. The molecule has 1 aromatic carbocycles. The van der Waals surface area contributed by atoms with E-state index in [-0.39, 0.29) is 16.7 Å². The van der Waals surface area contributed by atoms with Gasteiger partial charge in [-0.05, 0) is 17.7 Å². The Bertz CT molecular complexity index is 837. The van der Waals surface area contributed by atoms with Crippen molar-refractivity contribution in [3.63, 3.8) is 0 Å². The Hall–Kier alpha value is -2.71. The van der Waals surface area contributed by atoms with Crippen LogP contribution in [-0.4, -0.2) is 26.4 Å². The molecule has 0 saturated carbocycles. The van der Waals surface area contributed by atoms with Crippen LogP contribution in [0.25, 0.3) is 11.4 Å². The highest BCUT2D eigenvalue weighted by atomic mass is 32.2. The molecule has 3 N–H and O–H groups in total. The Morgan fingerprint density at radius 2 is 2.12 bits per heavy atom. The number of aromatic hydroxyl groups is 1. The lowest BCUT2D eigenvalue weighted by molar-refractivity contribution is -0.109. The highest BCUT2D eigenvalue weighted by molar-refractivity contribution is 8.12. The summed E-state index contributed by atoms with van der Waals surface area (Å²) in [6.45, 7) is 9.16. The normalized spacial score (nSPS) is 10.4. The molecule has 0 aliphatic rings. The number of nitrogens with one attached hydrogen (secondary N) is 2. The maximum absolute atomic E-state index is 12.1. The number of imidazole rings is 1. The number of aromatic nitrogens is 2. The van der Waals surface area contributed by atoms with Gasteiger partial charge in [0.1, 0.15) is 0 Å². The molecule has 2 aromatic rings. The van der Waals surface area contributed by atoms with Crippen LogP contribution in [-0.2, 0) is 15.4 Å². The molecule has 0 aliphatic heterocycles. The highest BCUT2D eigenvalue weighted by Gasteiger charge is 2.15. The maximum atomic E-state index is 12.1. The summed E-state index contributed by atoms with van der Waals surface area (Å²) in [5.41, 5.74) is 4.32. The van der Waals surface area contributed by atoms with Crippen molar-refractivity contribution in [3.05, 3.63) is 65.2 Å². The minimum absolute atomic E-state index is 0.0953. The SMILES string of the molecule is C=CCONC(=C)c1ccc(-n2c(O)c(CSC(C)=O)[nH]c2=O)cc1. The van der Waals surface area contributed by atoms with Crippen molar-refractivity contribution >= 4 is 22.6 Å². The van der Waals surface area contributed by atoms with E-state index in [4.69, 9.17) is 4.84 Å². The quantitative estimate of drug-likeness (QED) is 0.379. The molecular weight excluding hydrogens is 342 g/mol. The molecule has 0 aliphatic carbocycles. The molecule has 1 aromatic heterocycles. The van der Waals surface area contributed by atoms with E-state index in [0.717, 1.165) is 21.9 Å². The summed E-state index contributed by atoms with van der Waals surface area (Å²) in [5.74, 6) is -0.0131. The minimum Gasteiger partial charge on any atom is -0.493 e. The van der Waals surface area contributed by atoms with E-state index < -0.39 is 5.69 Å². The second-order valence-corrected chi connectivity index (χ2v) is 6.23. The van der Waals surface area contributed by atoms with Crippen LogP contribution in [0.1, 0.15) is 18.2 Å². The Morgan fingerprint density at radius 3 is 2.72 bits per heavy atom. The van der Waals surface area contributed by atoms with E-state index in [1.165, 1.54) is 6.92 Å². The van der Waals surface area contributed by atoms with Crippen molar-refractivity contribution in [2.45, 2.75) is 12.7 Å². The number of hydrogen-bond donors (Lipinski definition) is 3. The average Bonchev–Trinajstić information content (AvgIpc) is 2.87. The number of hydroxylamine groups is 1. The Morgan fingerprint density at radius 1 is 1.44 bits per heavy atom. The second kappa shape index (κ2) is 8.41. The summed E-state index contributed by atoms with van der Waals surface area (Å²) in [7, 11) is 0. The molecule has 1 heterocycles. The van der Waals surface area contributed by atoms with Crippen molar-refractivity contribution in [1.82, 2.24) is 15.0 Å². The van der Waals surface area contributed by atoms with Gasteiger partial charge in [0.2, 0.25) is 5.88 Å². The van der Waals surface area contributed by atoms with Gasteiger partial charge in [-0.3, -0.25) is 15.1 Å². The number of carbonyl (C=O) groups excluding carboxylic acids is 1. The van der Waals surface area contributed by atoms with Gasteiger partial charge in [-0.25, -0.2) is 9.36 Å². The number of H-pyrrole nitrogens is 1. The van der Waals surface area contributed by atoms with Gasteiger partial charge in [-0.1, -0.05) is 36.5 Å². The molecule has 0 saturated heterocycles. The van der Waals surface area contributed by atoms with Crippen LogP contribution in [0.2, 0.25) is 0 Å². The Labute approximate surface area is 149 Å². The molecule has 132 valence electrons. The molecule has 0 fully saturated rings. The fourth-order valence-corrected chi connectivity index (χ4v) is 2.59. The Kier molecular flexibility index (Phi) is 6.26.